The number of ether oxygens (including phenoxy) is 1. The smallest absolute Gasteiger partial charge is 0.492 e. The zero-order chi connectivity index (χ0) is 14.3. The molecule has 2 aliphatic heterocycles. The maximum absolute atomic E-state index is 6.05. The standard InChI is InChI=1S/C9H8BClO3.C2H7N.C2H6/c11-7-1-2-8-9-6(7)5-14-10(9)13-4-3-12-8;1-3-2;1-2/h1-2H,3-5H2;3H,1-2H3;1-2H3. The molecular weight excluding hydrogens is 264 g/mol. The van der Waals surface area contributed by atoms with Crippen LogP contribution in [0.3, 0.4) is 0 Å². The SMILES string of the molecule is CC.CNC.Clc1ccc2c3c1COB3OCCO2. The van der Waals surface area contributed by atoms with Crippen LogP contribution in [0, 0.1) is 0 Å². The Morgan fingerprint density at radius 1 is 1.16 bits per heavy atom. The first-order chi connectivity index (χ1) is 9.27. The van der Waals surface area contributed by atoms with Crippen molar-refractivity contribution in [2.75, 3.05) is 27.3 Å². The highest BCUT2D eigenvalue weighted by Gasteiger charge is 2.37. The van der Waals surface area contributed by atoms with E-state index in [2.05, 4.69) is 5.32 Å². The van der Waals surface area contributed by atoms with Gasteiger partial charge in [0, 0.05) is 10.5 Å². The summed E-state index contributed by atoms with van der Waals surface area (Å²) >= 11 is 6.05. The molecule has 0 amide bonds. The largest absolute Gasteiger partial charge is 0.498 e. The monoisotopic (exact) mass is 285 g/mol. The third-order valence-electron chi connectivity index (χ3n) is 2.48. The van der Waals surface area contributed by atoms with E-state index in [1.54, 1.807) is 0 Å². The summed E-state index contributed by atoms with van der Waals surface area (Å²) in [6, 6.07) is 3.71. The van der Waals surface area contributed by atoms with E-state index in [-0.39, 0.29) is 7.12 Å². The van der Waals surface area contributed by atoms with Crippen LogP contribution in [0.2, 0.25) is 5.02 Å². The van der Waals surface area contributed by atoms with Crippen molar-refractivity contribution < 1.29 is 14.0 Å². The van der Waals surface area contributed by atoms with Crippen molar-refractivity contribution in [2.45, 2.75) is 20.5 Å². The molecular formula is C13H21BClNO3. The van der Waals surface area contributed by atoms with Crippen molar-refractivity contribution in [3.63, 3.8) is 0 Å². The average Bonchev–Trinajstić information content (AvgIpc) is 2.75. The fourth-order valence-electron chi connectivity index (χ4n) is 1.83. The molecule has 0 unspecified atom stereocenters. The van der Waals surface area contributed by atoms with E-state index in [4.69, 9.17) is 25.6 Å². The fourth-order valence-corrected chi connectivity index (χ4v) is 2.05. The zero-order valence-corrected chi connectivity index (χ0v) is 12.7. The Kier molecular flexibility index (Phi) is 7.24. The predicted octanol–water partition coefficient (Wildman–Crippen LogP) is 1.84. The summed E-state index contributed by atoms with van der Waals surface area (Å²) in [6.07, 6.45) is 0. The van der Waals surface area contributed by atoms with E-state index in [1.807, 2.05) is 40.1 Å². The summed E-state index contributed by atoms with van der Waals surface area (Å²) in [6.45, 7) is 5.63. The minimum Gasteiger partial charge on any atom is -0.492 e. The number of hydrogen-bond acceptors (Lipinski definition) is 4. The van der Waals surface area contributed by atoms with Gasteiger partial charge >= 0.3 is 7.12 Å². The summed E-state index contributed by atoms with van der Waals surface area (Å²) in [4.78, 5) is 0. The van der Waals surface area contributed by atoms with Crippen LogP contribution in [-0.4, -0.2) is 34.4 Å². The summed E-state index contributed by atoms with van der Waals surface area (Å²) < 4.78 is 16.5. The molecule has 1 N–H and O–H groups in total. The molecule has 0 spiro atoms. The van der Waals surface area contributed by atoms with Gasteiger partial charge in [-0.2, -0.15) is 0 Å². The van der Waals surface area contributed by atoms with Gasteiger partial charge in [0.25, 0.3) is 0 Å². The molecule has 106 valence electrons. The lowest BCUT2D eigenvalue weighted by Crippen LogP contribution is -2.31. The highest BCUT2D eigenvalue weighted by atomic mass is 35.5. The highest BCUT2D eigenvalue weighted by Crippen LogP contribution is 2.27. The zero-order valence-electron chi connectivity index (χ0n) is 12.0. The van der Waals surface area contributed by atoms with Crippen LogP contribution in [0.15, 0.2) is 12.1 Å². The molecule has 0 aliphatic carbocycles. The molecule has 2 heterocycles. The van der Waals surface area contributed by atoms with Crippen LogP contribution in [0.5, 0.6) is 5.75 Å². The van der Waals surface area contributed by atoms with Gasteiger partial charge in [0.2, 0.25) is 0 Å². The maximum Gasteiger partial charge on any atom is 0.498 e. The van der Waals surface area contributed by atoms with Crippen molar-refractivity contribution in [1.82, 2.24) is 5.32 Å². The Hall–Kier alpha value is -0.745. The molecule has 4 nitrogen and oxygen atoms in total. The second kappa shape index (κ2) is 8.43. The molecule has 0 atom stereocenters. The molecule has 0 aromatic heterocycles. The molecule has 0 fully saturated rings. The first-order valence-corrected chi connectivity index (χ1v) is 6.91. The summed E-state index contributed by atoms with van der Waals surface area (Å²) in [5, 5.41) is 3.47. The Balaban J connectivity index is 0.000000321. The van der Waals surface area contributed by atoms with Crippen molar-refractivity contribution in [1.29, 1.82) is 0 Å². The molecule has 1 aromatic carbocycles. The van der Waals surface area contributed by atoms with Crippen LogP contribution in [0.1, 0.15) is 19.4 Å². The number of halogens is 1. The minimum atomic E-state index is -0.291. The van der Waals surface area contributed by atoms with Crippen molar-refractivity contribution in [3.8, 4) is 5.75 Å². The third kappa shape index (κ3) is 3.86. The van der Waals surface area contributed by atoms with Crippen LogP contribution in [0.25, 0.3) is 0 Å². The van der Waals surface area contributed by atoms with Crippen LogP contribution in [-0.2, 0) is 15.9 Å². The van der Waals surface area contributed by atoms with Gasteiger partial charge < -0.3 is 19.4 Å². The molecule has 6 heteroatoms. The Labute approximate surface area is 120 Å². The van der Waals surface area contributed by atoms with E-state index >= 15 is 0 Å². The van der Waals surface area contributed by atoms with Gasteiger partial charge in [-0.05, 0) is 31.8 Å². The van der Waals surface area contributed by atoms with E-state index in [1.165, 1.54) is 0 Å². The summed E-state index contributed by atoms with van der Waals surface area (Å²) in [5.41, 5.74) is 1.96. The second-order valence-electron chi connectivity index (χ2n) is 3.80. The normalized spacial score (nSPS) is 15.1. The van der Waals surface area contributed by atoms with E-state index in [0.717, 1.165) is 21.8 Å². The van der Waals surface area contributed by atoms with E-state index < -0.39 is 0 Å². The first kappa shape index (κ1) is 16.3. The number of nitrogens with one attached hydrogen (secondary N) is 1. The predicted molar refractivity (Wildman–Crippen MR) is 79.4 cm³/mol. The van der Waals surface area contributed by atoms with E-state index in [0.29, 0.717) is 19.8 Å². The molecule has 3 rings (SSSR count). The first-order valence-electron chi connectivity index (χ1n) is 6.53. The molecule has 1 aromatic rings. The van der Waals surface area contributed by atoms with Crippen LogP contribution in [0.4, 0.5) is 0 Å². The number of rotatable bonds is 0. The maximum atomic E-state index is 6.05. The lowest BCUT2D eigenvalue weighted by molar-refractivity contribution is 0.180. The minimum absolute atomic E-state index is 0.291. The molecule has 0 radical (unpaired) electrons. The topological polar surface area (TPSA) is 39.7 Å². The van der Waals surface area contributed by atoms with Gasteiger partial charge in [-0.1, -0.05) is 25.4 Å². The van der Waals surface area contributed by atoms with E-state index in [9.17, 15) is 0 Å². The van der Waals surface area contributed by atoms with Gasteiger partial charge in [0.05, 0.1) is 13.2 Å². The van der Waals surface area contributed by atoms with Crippen molar-refractivity contribution in [2.24, 2.45) is 0 Å². The molecule has 0 bridgehead atoms. The average molecular weight is 286 g/mol. The van der Waals surface area contributed by atoms with Gasteiger partial charge in [0.15, 0.2) is 0 Å². The number of benzene rings is 1. The molecule has 0 saturated heterocycles. The van der Waals surface area contributed by atoms with Gasteiger partial charge in [-0.3, -0.25) is 0 Å². The summed E-state index contributed by atoms with van der Waals surface area (Å²) in [5.74, 6) is 0.837. The second-order valence-corrected chi connectivity index (χ2v) is 4.21. The molecule has 0 saturated carbocycles. The van der Waals surface area contributed by atoms with Crippen molar-refractivity contribution >= 4 is 24.2 Å². The van der Waals surface area contributed by atoms with Crippen LogP contribution >= 0.6 is 11.6 Å². The number of hydrogen-bond donors (Lipinski definition) is 1. The highest BCUT2D eigenvalue weighted by molar-refractivity contribution is 6.64. The third-order valence-corrected chi connectivity index (χ3v) is 2.84. The Bertz CT molecular complexity index is 404. The van der Waals surface area contributed by atoms with Crippen molar-refractivity contribution in [3.05, 3.63) is 22.7 Å². The lowest BCUT2D eigenvalue weighted by Gasteiger charge is -2.07. The van der Waals surface area contributed by atoms with Gasteiger partial charge in [-0.15, -0.1) is 0 Å². The van der Waals surface area contributed by atoms with Crippen LogP contribution < -0.4 is 15.5 Å². The molecule has 2 aliphatic rings. The lowest BCUT2D eigenvalue weighted by atomic mass is 9.78. The van der Waals surface area contributed by atoms with Gasteiger partial charge in [-0.25, -0.2) is 0 Å². The van der Waals surface area contributed by atoms with Gasteiger partial charge in [0.1, 0.15) is 12.4 Å². The summed E-state index contributed by atoms with van der Waals surface area (Å²) in [7, 11) is 3.46. The Morgan fingerprint density at radius 3 is 2.53 bits per heavy atom. The Morgan fingerprint density at radius 2 is 1.84 bits per heavy atom. The quantitative estimate of drug-likeness (QED) is 0.738. The fraction of sp³-hybridized carbons (Fsp3) is 0.538. The molecule has 19 heavy (non-hydrogen) atoms.